The van der Waals surface area contributed by atoms with Gasteiger partial charge in [-0.1, -0.05) is 19.1 Å². The molecule has 0 heterocycles. The van der Waals surface area contributed by atoms with E-state index >= 15 is 0 Å². The Morgan fingerprint density at radius 3 is 2.55 bits per heavy atom. The minimum absolute atomic E-state index is 0.351. The number of hydrogen-bond donors (Lipinski definition) is 1. The zero-order chi connectivity index (χ0) is 15.1. The van der Waals surface area contributed by atoms with E-state index in [2.05, 4.69) is 0 Å². The Kier molecular flexibility index (Phi) is 5.54. The van der Waals surface area contributed by atoms with Crippen LogP contribution in [0.3, 0.4) is 0 Å². The van der Waals surface area contributed by atoms with E-state index in [9.17, 15) is 9.59 Å². The molecule has 0 saturated carbocycles. The number of carbonyl (C=O) groups is 2. The molecular weight excluding hydrogens is 258 g/mol. The Hall–Kier alpha value is -2.55. The van der Waals surface area contributed by atoms with Crippen LogP contribution in [-0.2, 0) is 4.79 Å². The lowest BCUT2D eigenvalue weighted by Gasteiger charge is -2.27. The molecule has 1 aromatic carbocycles. The molecule has 20 heavy (non-hydrogen) atoms. The Labute approximate surface area is 117 Å². The third-order valence-electron chi connectivity index (χ3n) is 2.76. The highest BCUT2D eigenvalue weighted by Gasteiger charge is 2.22. The molecule has 0 unspecified atom stereocenters. The van der Waals surface area contributed by atoms with Crippen LogP contribution in [0.4, 0.5) is 10.5 Å². The number of carbonyl (C=O) groups excluding carboxylic acids is 1. The van der Waals surface area contributed by atoms with Gasteiger partial charge < -0.3 is 10.0 Å². The predicted molar refractivity (Wildman–Crippen MR) is 74.5 cm³/mol. The van der Waals surface area contributed by atoms with Gasteiger partial charge in [0.05, 0.1) is 11.3 Å². The minimum atomic E-state index is -1.06. The lowest BCUT2D eigenvalue weighted by molar-refractivity contribution is -0.137. The molecule has 0 aliphatic rings. The van der Waals surface area contributed by atoms with Crippen LogP contribution >= 0.6 is 0 Å². The van der Waals surface area contributed by atoms with Gasteiger partial charge in [0, 0.05) is 13.6 Å². The molecule has 0 bridgehead atoms. The van der Waals surface area contributed by atoms with Gasteiger partial charge in [0.2, 0.25) is 0 Å². The van der Waals surface area contributed by atoms with Crippen molar-refractivity contribution in [2.24, 2.45) is 0 Å². The van der Waals surface area contributed by atoms with Crippen LogP contribution in [0.25, 0.3) is 0 Å². The first kappa shape index (κ1) is 15.5. The van der Waals surface area contributed by atoms with Gasteiger partial charge >= 0.3 is 12.0 Å². The summed E-state index contributed by atoms with van der Waals surface area (Å²) in [7, 11) is 1.53. The van der Waals surface area contributed by atoms with E-state index < -0.39 is 12.0 Å². The number of nitriles is 1. The van der Waals surface area contributed by atoms with Gasteiger partial charge in [-0.05, 0) is 18.6 Å². The summed E-state index contributed by atoms with van der Waals surface area (Å²) < 4.78 is 0. The van der Waals surface area contributed by atoms with E-state index in [0.717, 1.165) is 0 Å². The topological polar surface area (TPSA) is 84.6 Å². The molecule has 1 aromatic rings. The van der Waals surface area contributed by atoms with Crippen molar-refractivity contribution in [3.63, 3.8) is 0 Å². The first-order valence-electron chi connectivity index (χ1n) is 6.24. The van der Waals surface area contributed by atoms with Gasteiger partial charge in [-0.2, -0.15) is 5.26 Å². The van der Waals surface area contributed by atoms with Crippen LogP contribution in [-0.4, -0.2) is 42.1 Å². The predicted octanol–water partition coefficient (Wildman–Crippen LogP) is 1.91. The number of amides is 2. The molecular formula is C14H17N3O3. The van der Waals surface area contributed by atoms with E-state index in [0.29, 0.717) is 24.2 Å². The molecule has 0 aromatic heterocycles. The summed E-state index contributed by atoms with van der Waals surface area (Å²) in [6, 6.07) is 8.28. The monoisotopic (exact) mass is 275 g/mol. The molecule has 106 valence electrons. The van der Waals surface area contributed by atoms with E-state index in [-0.39, 0.29) is 6.54 Å². The van der Waals surface area contributed by atoms with Crippen LogP contribution in [0.15, 0.2) is 24.3 Å². The van der Waals surface area contributed by atoms with Crippen LogP contribution in [0.2, 0.25) is 0 Å². The standard InChI is InChI=1S/C14H17N3O3/c1-3-8-17(10-13(18)19)14(20)16(2)12-7-5-4-6-11(12)9-15/h4-7H,3,8,10H2,1-2H3,(H,18,19). The summed E-state index contributed by atoms with van der Waals surface area (Å²) >= 11 is 0. The average Bonchev–Trinajstić information content (AvgIpc) is 2.44. The normalized spacial score (nSPS) is 9.65. The van der Waals surface area contributed by atoms with Crippen molar-refractivity contribution in [3.8, 4) is 6.07 Å². The van der Waals surface area contributed by atoms with Crippen LogP contribution in [0.5, 0.6) is 0 Å². The summed E-state index contributed by atoms with van der Waals surface area (Å²) in [5, 5.41) is 17.9. The molecule has 0 aliphatic heterocycles. The maximum absolute atomic E-state index is 12.3. The first-order chi connectivity index (χ1) is 9.51. The van der Waals surface area contributed by atoms with Crippen molar-refractivity contribution in [2.75, 3.05) is 25.0 Å². The number of urea groups is 1. The van der Waals surface area contributed by atoms with Crippen molar-refractivity contribution < 1.29 is 14.7 Å². The summed E-state index contributed by atoms with van der Waals surface area (Å²) in [6.07, 6.45) is 0.659. The molecule has 0 radical (unpaired) electrons. The fourth-order valence-electron chi connectivity index (χ4n) is 1.85. The first-order valence-corrected chi connectivity index (χ1v) is 6.24. The molecule has 0 spiro atoms. The number of benzene rings is 1. The number of para-hydroxylation sites is 1. The van der Waals surface area contributed by atoms with Crippen LogP contribution in [0.1, 0.15) is 18.9 Å². The number of anilines is 1. The molecule has 2 amide bonds. The molecule has 1 N–H and O–H groups in total. The second-order valence-corrected chi connectivity index (χ2v) is 4.29. The second kappa shape index (κ2) is 7.14. The molecule has 0 fully saturated rings. The summed E-state index contributed by atoms with van der Waals surface area (Å²) in [6.45, 7) is 1.86. The van der Waals surface area contributed by atoms with Gasteiger partial charge in [-0.25, -0.2) is 4.79 Å². The second-order valence-electron chi connectivity index (χ2n) is 4.29. The average molecular weight is 275 g/mol. The number of nitrogens with zero attached hydrogens (tertiary/aromatic N) is 3. The van der Waals surface area contributed by atoms with Gasteiger partial charge in [0.25, 0.3) is 0 Å². The fourth-order valence-corrected chi connectivity index (χ4v) is 1.85. The van der Waals surface area contributed by atoms with E-state index in [1.54, 1.807) is 24.3 Å². The quantitative estimate of drug-likeness (QED) is 0.889. The summed E-state index contributed by atoms with van der Waals surface area (Å²) in [4.78, 5) is 25.7. The Morgan fingerprint density at radius 1 is 1.35 bits per heavy atom. The zero-order valence-electron chi connectivity index (χ0n) is 11.5. The van der Waals surface area contributed by atoms with Crippen molar-refractivity contribution in [1.82, 2.24) is 4.90 Å². The number of carboxylic acids is 1. The number of hydrogen-bond acceptors (Lipinski definition) is 3. The highest BCUT2D eigenvalue weighted by atomic mass is 16.4. The van der Waals surface area contributed by atoms with E-state index in [4.69, 9.17) is 10.4 Å². The molecule has 6 heteroatoms. The minimum Gasteiger partial charge on any atom is -0.480 e. The Balaban J connectivity index is 2.99. The van der Waals surface area contributed by atoms with Crippen LogP contribution in [0, 0.1) is 11.3 Å². The summed E-state index contributed by atoms with van der Waals surface area (Å²) in [5.41, 5.74) is 0.835. The molecule has 0 atom stereocenters. The maximum Gasteiger partial charge on any atom is 0.324 e. The van der Waals surface area contributed by atoms with Crippen molar-refractivity contribution in [2.45, 2.75) is 13.3 Å². The van der Waals surface area contributed by atoms with Crippen molar-refractivity contribution >= 4 is 17.7 Å². The van der Waals surface area contributed by atoms with Gasteiger partial charge in [-0.3, -0.25) is 9.69 Å². The highest BCUT2D eigenvalue weighted by molar-refractivity contribution is 5.94. The van der Waals surface area contributed by atoms with E-state index in [1.165, 1.54) is 16.8 Å². The number of carboxylic acid groups (broad SMARTS) is 1. The number of rotatable bonds is 5. The molecule has 1 rings (SSSR count). The zero-order valence-corrected chi connectivity index (χ0v) is 11.5. The SMILES string of the molecule is CCCN(CC(=O)O)C(=O)N(C)c1ccccc1C#N. The van der Waals surface area contributed by atoms with Gasteiger partial charge in [0.15, 0.2) is 0 Å². The summed E-state index contributed by atoms with van der Waals surface area (Å²) in [5.74, 6) is -1.06. The smallest absolute Gasteiger partial charge is 0.324 e. The molecule has 0 aliphatic carbocycles. The van der Waals surface area contributed by atoms with Gasteiger partial charge in [-0.15, -0.1) is 0 Å². The largest absolute Gasteiger partial charge is 0.480 e. The maximum atomic E-state index is 12.3. The Bertz CT molecular complexity index is 537. The van der Waals surface area contributed by atoms with E-state index in [1.807, 2.05) is 13.0 Å². The fraction of sp³-hybridized carbons (Fsp3) is 0.357. The lowest BCUT2D eigenvalue weighted by atomic mass is 10.2. The third-order valence-corrected chi connectivity index (χ3v) is 2.76. The highest BCUT2D eigenvalue weighted by Crippen LogP contribution is 2.19. The van der Waals surface area contributed by atoms with Crippen LogP contribution < -0.4 is 4.90 Å². The van der Waals surface area contributed by atoms with Crippen molar-refractivity contribution in [3.05, 3.63) is 29.8 Å². The lowest BCUT2D eigenvalue weighted by Crippen LogP contribution is -2.44. The van der Waals surface area contributed by atoms with Gasteiger partial charge in [0.1, 0.15) is 12.6 Å². The van der Waals surface area contributed by atoms with Crippen molar-refractivity contribution in [1.29, 1.82) is 5.26 Å². The number of aliphatic carboxylic acids is 1. The molecule has 6 nitrogen and oxygen atoms in total. The Morgan fingerprint density at radius 2 is 2.00 bits per heavy atom. The third kappa shape index (κ3) is 3.72. The molecule has 0 saturated heterocycles.